The Balaban J connectivity index is 1.11. The van der Waals surface area contributed by atoms with Crippen LogP contribution in [-0.4, -0.2) is 165 Å². The Morgan fingerprint density at radius 1 is 0.987 bits per heavy atom. The number of piperazine rings is 1. The number of hydrogen-bond donors (Lipinski definition) is 2. The molecule has 7 aliphatic rings. The summed E-state index contributed by atoms with van der Waals surface area (Å²) in [5.74, 6) is -1.25. The van der Waals surface area contributed by atoms with E-state index >= 15 is 0 Å². The number of carbonyl (C=O) groups excluding carboxylic acids is 3. The van der Waals surface area contributed by atoms with Gasteiger partial charge in [-0.05, 0) is 99.5 Å². The molecule has 8 atom stereocenters. The van der Waals surface area contributed by atoms with Gasteiger partial charge in [0.15, 0.2) is 0 Å². The van der Waals surface area contributed by atoms with E-state index < -0.39 is 54.6 Å². The molecule has 5 fully saturated rings. The maximum atomic E-state index is 14.9. The van der Waals surface area contributed by atoms with Gasteiger partial charge in [0.1, 0.15) is 37.4 Å². The molecule has 6 bridgehead atoms. The Morgan fingerprint density at radius 3 is 2.47 bits per heavy atom. The average molecular weight is 1050 g/mol. The molecule has 75 heavy (non-hydrogen) atoms. The zero-order valence-electron chi connectivity index (χ0n) is 44.9. The summed E-state index contributed by atoms with van der Waals surface area (Å²) in [4.78, 5) is 58.5. The van der Waals surface area contributed by atoms with Gasteiger partial charge in [-0.25, -0.2) is 19.2 Å². The van der Waals surface area contributed by atoms with E-state index in [0.717, 1.165) is 78.1 Å². The number of nitrogens with one attached hydrogen (secondary N) is 2. The Bertz CT molecular complexity index is 2580. The normalized spacial score (nSPS) is 28.3. The van der Waals surface area contributed by atoms with Gasteiger partial charge in [-0.15, -0.1) is 0 Å². The zero-order chi connectivity index (χ0) is 52.7. The first kappa shape index (κ1) is 53.6. The Kier molecular flexibility index (Phi) is 16.2. The molecule has 2 aliphatic carbocycles. The van der Waals surface area contributed by atoms with E-state index in [9.17, 15) is 23.2 Å². The van der Waals surface area contributed by atoms with Gasteiger partial charge in [0.05, 0.1) is 48.7 Å². The standard InChI is InChI=1S/C56H78F2N8O9/c1-32(2)46-33(3)47(46)52(67)61-49-51(73-30-45(57)58)43-29-74-53(60-43)35-10-13-44-39(25-35)41(27-56(5,6)31-75-55(69)42-9-8-16-66(62-42)54(49)68)50(65(44)21-24-72-38-14-22-71-23-15-38)40-26-37(28-59-48(40)34(4)70-7)64-19-17-63(18-20-64)36-11-12-36/h10,13,25-26,28,32-34,36,38,42-43,45-47,49,51,62H,8-9,11-12,14-24,27,29-31H2,1-7H3,(H,61,67)/t33-,34-,42-,43?,46+,47+,49-,51+/m0/s1. The number of hydrogen-bond acceptors (Lipinski definition) is 14. The first-order chi connectivity index (χ1) is 36.1. The van der Waals surface area contributed by atoms with E-state index in [4.69, 9.17) is 38.4 Å². The van der Waals surface area contributed by atoms with Crippen LogP contribution >= 0.6 is 0 Å². The second-order valence-corrected chi connectivity index (χ2v) is 23.1. The molecule has 10 rings (SSSR count). The van der Waals surface area contributed by atoms with Crippen LogP contribution in [0.4, 0.5) is 14.5 Å². The molecule has 2 saturated carbocycles. The molecule has 410 valence electrons. The Hall–Kier alpha value is -4.79. The minimum Gasteiger partial charge on any atom is -0.475 e. The van der Waals surface area contributed by atoms with Crippen molar-refractivity contribution in [3.05, 3.63) is 47.3 Å². The molecule has 19 heteroatoms. The molecule has 0 radical (unpaired) electrons. The Labute approximate surface area is 439 Å². The maximum absolute atomic E-state index is 14.9. The summed E-state index contributed by atoms with van der Waals surface area (Å²) >= 11 is 0. The summed E-state index contributed by atoms with van der Waals surface area (Å²) in [6.45, 7) is 17.5. The van der Waals surface area contributed by atoms with E-state index in [-0.39, 0.29) is 67.4 Å². The number of fused-ring (bicyclic) bond motifs is 5. The number of cyclic esters (lactones) is 1. The van der Waals surface area contributed by atoms with Crippen molar-refractivity contribution in [1.82, 2.24) is 30.2 Å². The number of esters is 1. The van der Waals surface area contributed by atoms with Crippen molar-refractivity contribution in [2.75, 3.05) is 84.4 Å². The van der Waals surface area contributed by atoms with Crippen molar-refractivity contribution in [3.8, 4) is 11.3 Å². The van der Waals surface area contributed by atoms with Crippen LogP contribution in [0.5, 0.6) is 0 Å². The van der Waals surface area contributed by atoms with E-state index in [2.05, 4.69) is 71.0 Å². The van der Waals surface area contributed by atoms with Crippen LogP contribution in [0.2, 0.25) is 0 Å². The summed E-state index contributed by atoms with van der Waals surface area (Å²) in [6, 6.07) is 5.72. The number of methoxy groups -OCH3 is 1. The second kappa shape index (κ2) is 22.7. The number of benzene rings is 1. The molecule has 1 unspecified atom stereocenters. The molecule has 7 heterocycles. The fourth-order valence-corrected chi connectivity index (χ4v) is 12.4. The van der Waals surface area contributed by atoms with E-state index in [1.165, 1.54) is 17.9 Å². The fourth-order valence-electron chi connectivity index (χ4n) is 12.4. The SMILES string of the molecule is CO[C@@H](C)c1ncc(N2CCN(C3CC3)CC2)cc1-c1c2c3cc(ccc3n1CCOC1CCOCC1)C1=NC(CO1)[C@@H](OCC(F)F)[C@H](NC(=O)[C@@H]1[C@@H](C)[C@H]1C(C)C)C(=O)N1CCC[C@H](N1)C(=O)OCC(C)(C)C2. The summed E-state index contributed by atoms with van der Waals surface area (Å²) < 4.78 is 67.7. The molecular formula is C56H78F2N8O9. The number of alkyl halides is 2. The summed E-state index contributed by atoms with van der Waals surface area (Å²) in [7, 11) is 1.70. The number of anilines is 1. The van der Waals surface area contributed by atoms with Gasteiger partial charge >= 0.3 is 5.97 Å². The van der Waals surface area contributed by atoms with E-state index in [1.807, 2.05) is 26.1 Å². The smallest absolute Gasteiger partial charge is 0.324 e. The van der Waals surface area contributed by atoms with Gasteiger partial charge in [0.2, 0.25) is 11.8 Å². The molecule has 3 saturated heterocycles. The zero-order valence-corrected chi connectivity index (χ0v) is 44.9. The van der Waals surface area contributed by atoms with E-state index in [1.54, 1.807) is 7.11 Å². The highest BCUT2D eigenvalue weighted by atomic mass is 19.3. The van der Waals surface area contributed by atoms with Gasteiger partial charge in [-0.1, -0.05) is 34.6 Å². The van der Waals surface area contributed by atoms with Crippen LogP contribution in [0.25, 0.3) is 22.2 Å². The van der Waals surface area contributed by atoms with Gasteiger partial charge in [-0.3, -0.25) is 29.3 Å². The number of pyridine rings is 1. The lowest BCUT2D eigenvalue weighted by Crippen LogP contribution is -2.64. The predicted molar refractivity (Wildman–Crippen MR) is 278 cm³/mol. The minimum atomic E-state index is -2.87. The number of aromatic nitrogens is 2. The van der Waals surface area contributed by atoms with Crippen LogP contribution in [0.1, 0.15) is 103 Å². The fraction of sp³-hybridized carbons (Fsp3) is 0.696. The van der Waals surface area contributed by atoms with Crippen LogP contribution < -0.4 is 15.6 Å². The van der Waals surface area contributed by atoms with Gasteiger partial charge in [0, 0.05) is 99.0 Å². The van der Waals surface area contributed by atoms with Crippen molar-refractivity contribution in [2.24, 2.45) is 34.1 Å². The largest absolute Gasteiger partial charge is 0.475 e. The molecule has 2 aromatic heterocycles. The maximum Gasteiger partial charge on any atom is 0.324 e. The molecule has 2 amide bonds. The highest BCUT2D eigenvalue weighted by molar-refractivity contribution is 6.02. The van der Waals surface area contributed by atoms with Crippen molar-refractivity contribution in [1.29, 1.82) is 0 Å². The third-order valence-corrected chi connectivity index (χ3v) is 16.8. The lowest BCUT2D eigenvalue weighted by Gasteiger charge is -2.38. The molecule has 17 nitrogen and oxygen atoms in total. The lowest BCUT2D eigenvalue weighted by atomic mass is 9.84. The number of rotatable bonds is 15. The minimum absolute atomic E-state index is 0.0534. The monoisotopic (exact) mass is 1040 g/mol. The van der Waals surface area contributed by atoms with Crippen molar-refractivity contribution in [3.63, 3.8) is 0 Å². The molecule has 0 spiro atoms. The highest BCUT2D eigenvalue weighted by Gasteiger charge is 2.54. The number of ether oxygens (including phenoxy) is 6. The van der Waals surface area contributed by atoms with E-state index in [0.29, 0.717) is 57.2 Å². The summed E-state index contributed by atoms with van der Waals surface area (Å²) in [5, 5.41) is 5.18. The number of amides is 2. The molecular weight excluding hydrogens is 967 g/mol. The Morgan fingerprint density at radius 2 is 1.76 bits per heavy atom. The van der Waals surface area contributed by atoms with Gasteiger partial charge in [-0.2, -0.15) is 0 Å². The number of aliphatic imine (C=N–C) groups is 1. The lowest BCUT2D eigenvalue weighted by molar-refractivity contribution is -0.157. The van der Waals surface area contributed by atoms with Gasteiger partial charge in [0.25, 0.3) is 12.3 Å². The van der Waals surface area contributed by atoms with Crippen LogP contribution in [0, 0.1) is 29.1 Å². The predicted octanol–water partition coefficient (Wildman–Crippen LogP) is 6.33. The molecule has 2 N–H and O–H groups in total. The van der Waals surface area contributed by atoms with Crippen molar-refractivity contribution >= 4 is 40.3 Å². The average Bonchev–Trinajstić information content (AvgIpc) is 4.30. The van der Waals surface area contributed by atoms with Crippen molar-refractivity contribution < 1.29 is 51.6 Å². The number of hydrazine groups is 1. The highest BCUT2D eigenvalue weighted by Crippen LogP contribution is 2.51. The third kappa shape index (κ3) is 11.7. The first-order valence-electron chi connectivity index (χ1n) is 27.6. The molecule has 1 aromatic carbocycles. The number of carbonyl (C=O) groups is 3. The van der Waals surface area contributed by atoms with Crippen molar-refractivity contribution in [2.45, 2.75) is 142 Å². The second-order valence-electron chi connectivity index (χ2n) is 23.1. The van der Waals surface area contributed by atoms with Gasteiger partial charge < -0.3 is 43.2 Å². The van der Waals surface area contributed by atoms with Crippen LogP contribution in [-0.2, 0) is 55.8 Å². The third-order valence-electron chi connectivity index (χ3n) is 16.8. The summed E-state index contributed by atoms with van der Waals surface area (Å²) in [6.07, 6.45) is 2.94. The number of halogens is 2. The van der Waals surface area contributed by atoms with Crippen LogP contribution in [0.15, 0.2) is 35.5 Å². The summed E-state index contributed by atoms with van der Waals surface area (Å²) in [5.41, 5.74) is 8.74. The molecule has 3 aromatic rings. The topological polar surface area (TPSA) is 171 Å². The quantitative estimate of drug-likeness (QED) is 0.162. The van der Waals surface area contributed by atoms with Crippen LogP contribution in [0.3, 0.4) is 0 Å². The number of nitrogens with zero attached hydrogens (tertiary/aromatic N) is 6. The first-order valence-corrected chi connectivity index (χ1v) is 27.6. The molecule has 5 aliphatic heterocycles.